The zero-order chi connectivity index (χ0) is 21.2. The summed E-state index contributed by atoms with van der Waals surface area (Å²) < 4.78 is 11.7. The van der Waals surface area contributed by atoms with Gasteiger partial charge in [-0.15, -0.1) is 0 Å². The molecular formula is C23H36N2O3. The molecule has 0 atom stereocenters. The second kappa shape index (κ2) is 11.7. The molecule has 0 radical (unpaired) electrons. The van der Waals surface area contributed by atoms with Crippen LogP contribution in [0.4, 0.5) is 5.69 Å². The van der Waals surface area contributed by atoms with E-state index >= 15 is 0 Å². The molecule has 1 aromatic carbocycles. The Hall–Kier alpha value is -2.06. The van der Waals surface area contributed by atoms with Crippen molar-refractivity contribution >= 4 is 11.6 Å². The number of nitriles is 1. The third-order valence-corrected chi connectivity index (χ3v) is 4.42. The van der Waals surface area contributed by atoms with Crippen molar-refractivity contribution in [1.29, 1.82) is 5.26 Å². The van der Waals surface area contributed by atoms with Crippen LogP contribution in [0, 0.1) is 23.2 Å². The molecule has 1 rings (SSSR count). The van der Waals surface area contributed by atoms with Gasteiger partial charge in [0.15, 0.2) is 0 Å². The highest BCUT2D eigenvalue weighted by molar-refractivity contribution is 5.97. The topological polar surface area (TPSA) is 71.3 Å². The summed E-state index contributed by atoms with van der Waals surface area (Å²) in [5.74, 6) is 1.04. The van der Waals surface area contributed by atoms with Crippen LogP contribution in [0.3, 0.4) is 0 Å². The second-order valence-electron chi connectivity index (χ2n) is 8.10. The van der Waals surface area contributed by atoms with Gasteiger partial charge in [0.1, 0.15) is 17.4 Å². The van der Waals surface area contributed by atoms with Gasteiger partial charge in [0.05, 0.1) is 12.2 Å². The summed E-state index contributed by atoms with van der Waals surface area (Å²) in [4.78, 5) is 13.2. The minimum Gasteiger partial charge on any atom is -0.492 e. The average molecular weight is 389 g/mol. The van der Waals surface area contributed by atoms with Crippen molar-refractivity contribution in [3.63, 3.8) is 0 Å². The van der Waals surface area contributed by atoms with E-state index in [0.717, 1.165) is 12.8 Å². The molecule has 1 N–H and O–H groups in total. The lowest BCUT2D eigenvalue weighted by atomic mass is 9.83. The van der Waals surface area contributed by atoms with Crippen LogP contribution in [0.25, 0.3) is 0 Å². The van der Waals surface area contributed by atoms with Crippen LogP contribution in [0.15, 0.2) is 18.2 Å². The van der Waals surface area contributed by atoms with Crippen LogP contribution in [0.2, 0.25) is 0 Å². The van der Waals surface area contributed by atoms with Gasteiger partial charge in [0, 0.05) is 12.3 Å². The average Bonchev–Trinajstić information content (AvgIpc) is 2.61. The van der Waals surface area contributed by atoms with Crippen molar-refractivity contribution < 1.29 is 14.3 Å². The van der Waals surface area contributed by atoms with Gasteiger partial charge in [0.25, 0.3) is 5.91 Å². The van der Waals surface area contributed by atoms with Crippen LogP contribution < -0.4 is 10.1 Å². The van der Waals surface area contributed by atoms with E-state index < -0.39 is 5.60 Å². The van der Waals surface area contributed by atoms with Gasteiger partial charge in [-0.25, -0.2) is 0 Å². The molecule has 0 heterocycles. The molecular weight excluding hydrogens is 352 g/mol. The van der Waals surface area contributed by atoms with E-state index in [0.29, 0.717) is 54.9 Å². The molecule has 0 unspecified atom stereocenters. The third-order valence-electron chi connectivity index (χ3n) is 4.42. The Labute approximate surface area is 170 Å². The van der Waals surface area contributed by atoms with Gasteiger partial charge in [0.2, 0.25) is 0 Å². The summed E-state index contributed by atoms with van der Waals surface area (Å²) in [6, 6.07) is 7.35. The van der Waals surface area contributed by atoms with Crippen LogP contribution in [-0.2, 0) is 9.53 Å². The summed E-state index contributed by atoms with van der Waals surface area (Å²) >= 11 is 0. The standard InChI is InChI=1S/C23H36N2O3/c1-7-9-12-27-21-11-10-20(13-19(21)16-24)25-22(26)23(28-8-2,14-17(3)4)15-18(5)6/h10-11,13,17-18H,7-9,12,14-15H2,1-6H3,(H,25,26). The molecule has 0 fully saturated rings. The predicted molar refractivity (Wildman–Crippen MR) is 113 cm³/mol. The Kier molecular flexibility index (Phi) is 10.0. The van der Waals surface area contributed by atoms with E-state index in [4.69, 9.17) is 9.47 Å². The molecule has 156 valence electrons. The molecule has 1 aromatic rings. The molecule has 0 bridgehead atoms. The van der Waals surface area contributed by atoms with Crippen LogP contribution in [0.5, 0.6) is 5.75 Å². The van der Waals surface area contributed by atoms with E-state index in [1.165, 1.54) is 0 Å². The summed E-state index contributed by atoms with van der Waals surface area (Å²) in [6.45, 7) is 13.4. The molecule has 0 saturated heterocycles. The molecule has 5 heteroatoms. The van der Waals surface area contributed by atoms with Crippen molar-refractivity contribution in [2.45, 2.75) is 72.8 Å². The highest BCUT2D eigenvalue weighted by Crippen LogP contribution is 2.31. The van der Waals surface area contributed by atoms with E-state index in [-0.39, 0.29) is 5.91 Å². The maximum atomic E-state index is 13.2. The van der Waals surface area contributed by atoms with E-state index in [1.54, 1.807) is 18.2 Å². The molecule has 5 nitrogen and oxygen atoms in total. The largest absolute Gasteiger partial charge is 0.492 e. The van der Waals surface area contributed by atoms with E-state index in [1.807, 2.05) is 6.92 Å². The minimum atomic E-state index is -0.875. The highest BCUT2D eigenvalue weighted by Gasteiger charge is 2.40. The first-order chi connectivity index (χ1) is 13.3. The zero-order valence-corrected chi connectivity index (χ0v) is 18.3. The number of carbonyl (C=O) groups is 1. The first-order valence-electron chi connectivity index (χ1n) is 10.4. The highest BCUT2D eigenvalue weighted by atomic mass is 16.5. The number of nitrogens with one attached hydrogen (secondary N) is 1. The number of rotatable bonds is 12. The van der Waals surface area contributed by atoms with Crippen molar-refractivity contribution in [1.82, 2.24) is 0 Å². The fourth-order valence-corrected chi connectivity index (χ4v) is 3.44. The maximum absolute atomic E-state index is 13.2. The number of hydrogen-bond donors (Lipinski definition) is 1. The van der Waals surface area contributed by atoms with Gasteiger partial charge in [-0.2, -0.15) is 5.26 Å². The third kappa shape index (κ3) is 7.16. The van der Waals surface area contributed by atoms with E-state index in [9.17, 15) is 10.1 Å². The van der Waals surface area contributed by atoms with Gasteiger partial charge in [-0.3, -0.25) is 4.79 Å². The number of anilines is 1. The number of ether oxygens (including phenoxy) is 2. The molecule has 0 aliphatic carbocycles. The molecule has 28 heavy (non-hydrogen) atoms. The summed E-state index contributed by atoms with van der Waals surface area (Å²) in [6.07, 6.45) is 3.26. The zero-order valence-electron chi connectivity index (χ0n) is 18.3. The van der Waals surface area contributed by atoms with Crippen LogP contribution in [-0.4, -0.2) is 24.7 Å². The van der Waals surface area contributed by atoms with Gasteiger partial charge >= 0.3 is 0 Å². The smallest absolute Gasteiger partial charge is 0.256 e. The van der Waals surface area contributed by atoms with Crippen molar-refractivity contribution in [3.05, 3.63) is 23.8 Å². The maximum Gasteiger partial charge on any atom is 0.256 e. The predicted octanol–water partition coefficient (Wildman–Crippen LogP) is 5.54. The monoisotopic (exact) mass is 388 g/mol. The lowest BCUT2D eigenvalue weighted by molar-refractivity contribution is -0.146. The molecule has 1 amide bonds. The summed E-state index contributed by atoms with van der Waals surface area (Å²) in [5, 5.41) is 12.4. The first kappa shape index (κ1) is 24.0. The van der Waals surface area contributed by atoms with Crippen molar-refractivity contribution in [2.24, 2.45) is 11.8 Å². The summed E-state index contributed by atoms with van der Waals surface area (Å²) in [7, 11) is 0. The van der Waals surface area contributed by atoms with E-state index in [2.05, 4.69) is 46.0 Å². The number of carbonyl (C=O) groups excluding carboxylic acids is 1. The Morgan fingerprint density at radius 2 is 1.82 bits per heavy atom. The fraction of sp³-hybridized carbons (Fsp3) is 0.652. The summed E-state index contributed by atoms with van der Waals surface area (Å²) in [5.41, 5.74) is 0.129. The number of nitrogens with zero attached hydrogens (tertiary/aromatic N) is 1. The molecule has 0 aliphatic rings. The Morgan fingerprint density at radius 3 is 2.32 bits per heavy atom. The molecule has 0 saturated carbocycles. The molecule has 0 spiro atoms. The molecule has 0 aromatic heterocycles. The quantitative estimate of drug-likeness (QED) is 0.477. The number of unbranched alkanes of at least 4 members (excludes halogenated alkanes) is 1. The number of benzene rings is 1. The first-order valence-corrected chi connectivity index (χ1v) is 10.4. The lowest BCUT2D eigenvalue weighted by Gasteiger charge is -2.35. The fourth-order valence-electron chi connectivity index (χ4n) is 3.44. The van der Waals surface area contributed by atoms with Gasteiger partial charge in [-0.1, -0.05) is 41.0 Å². The Balaban J connectivity index is 3.07. The number of amides is 1. The number of hydrogen-bond acceptors (Lipinski definition) is 4. The van der Waals surface area contributed by atoms with Gasteiger partial charge < -0.3 is 14.8 Å². The Morgan fingerprint density at radius 1 is 1.18 bits per heavy atom. The molecule has 0 aliphatic heterocycles. The van der Waals surface area contributed by atoms with Crippen LogP contribution in [0.1, 0.15) is 72.8 Å². The van der Waals surface area contributed by atoms with Crippen LogP contribution >= 0.6 is 0 Å². The van der Waals surface area contributed by atoms with Crippen molar-refractivity contribution in [3.8, 4) is 11.8 Å². The minimum absolute atomic E-state index is 0.153. The van der Waals surface area contributed by atoms with Gasteiger partial charge in [-0.05, 0) is 56.2 Å². The Bertz CT molecular complexity index is 652. The second-order valence-corrected chi connectivity index (χ2v) is 8.10. The normalized spacial score (nSPS) is 11.5. The van der Waals surface area contributed by atoms with Crippen molar-refractivity contribution in [2.75, 3.05) is 18.5 Å². The SMILES string of the molecule is CCCCOc1ccc(NC(=O)C(CC(C)C)(CC(C)C)OCC)cc1C#N. The lowest BCUT2D eigenvalue weighted by Crippen LogP contribution is -2.47.